The van der Waals surface area contributed by atoms with Crippen LogP contribution in [0.25, 0.3) is 0 Å². The molecule has 0 aromatic rings. The average molecular weight is 780 g/mol. The smallest absolute Gasteiger partial charge is 0.305 e. The van der Waals surface area contributed by atoms with Crippen molar-refractivity contribution in [3.05, 3.63) is 0 Å². The van der Waals surface area contributed by atoms with Crippen LogP contribution < -0.4 is 5.32 Å². The lowest BCUT2D eigenvalue weighted by Gasteiger charge is -2.22. The number of hydrogen-bond donors (Lipinski definition) is 3. The monoisotopic (exact) mass is 780 g/mol. The Morgan fingerprint density at radius 1 is 0.436 bits per heavy atom. The first-order valence-electron chi connectivity index (χ1n) is 24.8. The Balaban J connectivity index is 3.48. The Morgan fingerprint density at radius 2 is 0.745 bits per heavy atom. The van der Waals surface area contributed by atoms with Gasteiger partial charge in [0.2, 0.25) is 5.91 Å². The van der Waals surface area contributed by atoms with E-state index in [1.807, 2.05) is 0 Å². The largest absolute Gasteiger partial charge is 0.466 e. The predicted molar refractivity (Wildman–Crippen MR) is 237 cm³/mol. The third-order valence-corrected chi connectivity index (χ3v) is 11.7. The summed E-state index contributed by atoms with van der Waals surface area (Å²) in [5, 5.41) is 23.2. The van der Waals surface area contributed by atoms with Crippen LogP contribution in [0.2, 0.25) is 0 Å². The summed E-state index contributed by atoms with van der Waals surface area (Å²) in [5.41, 5.74) is 0. The van der Waals surface area contributed by atoms with E-state index in [2.05, 4.69) is 19.2 Å². The summed E-state index contributed by atoms with van der Waals surface area (Å²) in [5.74, 6) is -0.0829. The van der Waals surface area contributed by atoms with Crippen LogP contribution in [-0.4, -0.2) is 47.4 Å². The van der Waals surface area contributed by atoms with E-state index in [0.29, 0.717) is 25.9 Å². The van der Waals surface area contributed by atoms with E-state index >= 15 is 0 Å². The van der Waals surface area contributed by atoms with Crippen molar-refractivity contribution < 1.29 is 24.5 Å². The van der Waals surface area contributed by atoms with Gasteiger partial charge in [0.25, 0.3) is 0 Å². The van der Waals surface area contributed by atoms with Gasteiger partial charge in [-0.25, -0.2) is 0 Å². The van der Waals surface area contributed by atoms with E-state index in [4.69, 9.17) is 4.74 Å². The highest BCUT2D eigenvalue weighted by molar-refractivity contribution is 5.76. The van der Waals surface area contributed by atoms with Crippen molar-refractivity contribution in [1.82, 2.24) is 5.32 Å². The fraction of sp³-hybridized carbons (Fsp3) is 0.959. The van der Waals surface area contributed by atoms with Gasteiger partial charge in [-0.1, -0.05) is 239 Å². The second-order valence-corrected chi connectivity index (χ2v) is 17.2. The summed E-state index contributed by atoms with van der Waals surface area (Å²) < 4.78 is 5.44. The highest BCUT2D eigenvalue weighted by atomic mass is 16.5. The van der Waals surface area contributed by atoms with Crippen LogP contribution in [0.4, 0.5) is 0 Å². The van der Waals surface area contributed by atoms with E-state index in [0.717, 1.165) is 57.8 Å². The molecule has 1 amide bonds. The molecule has 0 bridgehead atoms. The van der Waals surface area contributed by atoms with Crippen molar-refractivity contribution in [2.45, 2.75) is 289 Å². The predicted octanol–water partition coefficient (Wildman–Crippen LogP) is 14.4. The minimum Gasteiger partial charge on any atom is -0.466 e. The highest BCUT2D eigenvalue weighted by Crippen LogP contribution is 2.17. The molecule has 328 valence electrons. The molecule has 6 heteroatoms. The SMILES string of the molecule is CCCCCCCCCCCCCCCCCCC(O)C(CO)NC(=O)CCCCCCCCCCCOC(=O)CCCCCCCCCCCCCCC. The summed E-state index contributed by atoms with van der Waals surface area (Å²) >= 11 is 0. The maximum atomic E-state index is 12.4. The zero-order chi connectivity index (χ0) is 40.1. The Hall–Kier alpha value is -1.14. The third kappa shape index (κ3) is 42.3. The van der Waals surface area contributed by atoms with E-state index < -0.39 is 12.1 Å². The number of hydrogen-bond acceptors (Lipinski definition) is 5. The maximum absolute atomic E-state index is 12.4. The number of carbonyl (C=O) groups is 2. The van der Waals surface area contributed by atoms with Crippen molar-refractivity contribution in [3.63, 3.8) is 0 Å². The zero-order valence-electron chi connectivity index (χ0n) is 37.2. The molecular weight excluding hydrogens is 683 g/mol. The maximum Gasteiger partial charge on any atom is 0.305 e. The first-order chi connectivity index (χ1) is 27.0. The van der Waals surface area contributed by atoms with Gasteiger partial charge in [-0.2, -0.15) is 0 Å². The number of carbonyl (C=O) groups excluding carboxylic acids is 2. The highest BCUT2D eigenvalue weighted by Gasteiger charge is 2.20. The number of aliphatic hydroxyl groups excluding tert-OH is 2. The zero-order valence-corrected chi connectivity index (χ0v) is 37.2. The Kier molecular flexibility index (Phi) is 44.6. The van der Waals surface area contributed by atoms with Crippen molar-refractivity contribution in [1.29, 1.82) is 0 Å². The van der Waals surface area contributed by atoms with E-state index in [9.17, 15) is 19.8 Å². The minimum atomic E-state index is -0.679. The normalized spacial score (nSPS) is 12.6. The van der Waals surface area contributed by atoms with Gasteiger partial charge in [0.1, 0.15) is 0 Å². The lowest BCUT2D eigenvalue weighted by atomic mass is 10.0. The molecule has 0 aliphatic carbocycles. The van der Waals surface area contributed by atoms with Crippen LogP contribution >= 0.6 is 0 Å². The van der Waals surface area contributed by atoms with Gasteiger partial charge < -0.3 is 20.3 Å². The quantitative estimate of drug-likeness (QED) is 0.0422. The molecule has 0 aliphatic rings. The molecule has 0 aromatic heterocycles. The second kappa shape index (κ2) is 45.6. The lowest BCUT2D eigenvalue weighted by Crippen LogP contribution is -2.45. The number of amides is 1. The first kappa shape index (κ1) is 53.9. The van der Waals surface area contributed by atoms with Crippen molar-refractivity contribution in [2.24, 2.45) is 0 Å². The molecule has 0 radical (unpaired) electrons. The standard InChI is InChI=1S/C49H97NO5/c1-3-5-7-9-11-13-15-17-18-19-21-22-25-29-33-37-41-47(52)46(45-51)50-48(53)42-38-34-30-26-24-28-32-36-40-44-55-49(54)43-39-35-31-27-23-20-16-14-12-10-8-6-4-2/h46-47,51-52H,3-45H2,1-2H3,(H,50,53). The summed E-state index contributed by atoms with van der Waals surface area (Å²) in [6.45, 7) is 4.90. The van der Waals surface area contributed by atoms with Crippen LogP contribution in [0, 0.1) is 0 Å². The molecule has 0 heterocycles. The number of unbranched alkanes of at least 4 members (excludes halogenated alkanes) is 35. The topological polar surface area (TPSA) is 95.9 Å². The molecule has 55 heavy (non-hydrogen) atoms. The van der Waals surface area contributed by atoms with Gasteiger partial charge in [0.15, 0.2) is 0 Å². The van der Waals surface area contributed by atoms with Gasteiger partial charge in [-0.05, 0) is 25.7 Å². The van der Waals surface area contributed by atoms with Gasteiger partial charge in [-0.15, -0.1) is 0 Å². The lowest BCUT2D eigenvalue weighted by molar-refractivity contribution is -0.143. The van der Waals surface area contributed by atoms with Crippen molar-refractivity contribution >= 4 is 11.9 Å². The van der Waals surface area contributed by atoms with Gasteiger partial charge in [0, 0.05) is 12.8 Å². The van der Waals surface area contributed by atoms with Gasteiger partial charge in [0.05, 0.1) is 25.4 Å². The molecule has 0 spiro atoms. The molecular formula is C49H97NO5. The number of ether oxygens (including phenoxy) is 1. The van der Waals surface area contributed by atoms with Crippen molar-refractivity contribution in [2.75, 3.05) is 13.2 Å². The van der Waals surface area contributed by atoms with E-state index in [1.54, 1.807) is 0 Å². The second-order valence-electron chi connectivity index (χ2n) is 17.2. The molecule has 0 rings (SSSR count). The number of rotatable bonds is 46. The molecule has 0 saturated heterocycles. The third-order valence-electron chi connectivity index (χ3n) is 11.7. The Morgan fingerprint density at radius 3 is 1.11 bits per heavy atom. The molecule has 2 unspecified atom stereocenters. The van der Waals surface area contributed by atoms with Gasteiger partial charge >= 0.3 is 5.97 Å². The molecule has 3 N–H and O–H groups in total. The molecule has 0 aromatic carbocycles. The average Bonchev–Trinajstić information content (AvgIpc) is 3.18. The van der Waals surface area contributed by atoms with Crippen LogP contribution in [0.3, 0.4) is 0 Å². The molecule has 0 fully saturated rings. The molecule has 0 saturated carbocycles. The molecule has 0 aliphatic heterocycles. The van der Waals surface area contributed by atoms with Crippen LogP contribution in [0.15, 0.2) is 0 Å². The van der Waals surface area contributed by atoms with Gasteiger partial charge in [-0.3, -0.25) is 9.59 Å². The molecule has 2 atom stereocenters. The summed E-state index contributed by atoms with van der Waals surface area (Å²) in [6, 6.07) is -0.559. The van der Waals surface area contributed by atoms with Crippen molar-refractivity contribution in [3.8, 4) is 0 Å². The minimum absolute atomic E-state index is 0.0228. The summed E-state index contributed by atoms with van der Waals surface area (Å²) in [4.78, 5) is 24.4. The fourth-order valence-electron chi connectivity index (χ4n) is 7.82. The van der Waals surface area contributed by atoms with Crippen LogP contribution in [-0.2, 0) is 14.3 Å². The molecule has 6 nitrogen and oxygen atoms in total. The number of nitrogens with one attached hydrogen (secondary N) is 1. The summed E-state index contributed by atoms with van der Waals surface area (Å²) in [6.07, 6.45) is 49.2. The fourth-order valence-corrected chi connectivity index (χ4v) is 7.82. The Bertz CT molecular complexity index is 776. The Labute approximate surface area is 343 Å². The number of esters is 1. The number of aliphatic hydroxyl groups is 2. The van der Waals surface area contributed by atoms with E-state index in [-0.39, 0.29) is 18.5 Å². The van der Waals surface area contributed by atoms with Crippen LogP contribution in [0.5, 0.6) is 0 Å². The van der Waals surface area contributed by atoms with E-state index in [1.165, 1.54) is 186 Å². The first-order valence-corrected chi connectivity index (χ1v) is 24.8. The van der Waals surface area contributed by atoms with Crippen LogP contribution in [0.1, 0.15) is 277 Å². The summed E-state index contributed by atoms with van der Waals surface area (Å²) in [7, 11) is 0.